The van der Waals surface area contributed by atoms with Crippen LogP contribution in [0.4, 0.5) is 0 Å². The largest absolute Gasteiger partial charge is 0.618 e. The SMILES string of the molecule is COC(=O)c1cc(Cl)c[n+]([O-])c1-c1ccccc1. The number of pyridine rings is 1. The molecule has 92 valence electrons. The van der Waals surface area contributed by atoms with E-state index in [2.05, 4.69) is 4.74 Å². The van der Waals surface area contributed by atoms with Crippen LogP contribution in [0.25, 0.3) is 11.3 Å². The fraction of sp³-hybridized carbons (Fsp3) is 0.0769. The number of rotatable bonds is 2. The van der Waals surface area contributed by atoms with Crippen molar-refractivity contribution in [1.29, 1.82) is 0 Å². The number of halogens is 1. The summed E-state index contributed by atoms with van der Waals surface area (Å²) in [5, 5.41) is 12.1. The fourth-order valence-corrected chi connectivity index (χ4v) is 1.88. The summed E-state index contributed by atoms with van der Waals surface area (Å²) in [7, 11) is 1.26. The summed E-state index contributed by atoms with van der Waals surface area (Å²) in [5.41, 5.74) is 1.00. The van der Waals surface area contributed by atoms with E-state index in [1.54, 1.807) is 24.3 Å². The van der Waals surface area contributed by atoms with Crippen LogP contribution in [0.3, 0.4) is 0 Å². The van der Waals surface area contributed by atoms with Gasteiger partial charge in [-0.05, 0) is 18.2 Å². The number of methoxy groups -OCH3 is 1. The molecule has 0 bridgehead atoms. The van der Waals surface area contributed by atoms with Crippen LogP contribution in [0.15, 0.2) is 42.6 Å². The maximum Gasteiger partial charge on any atom is 0.344 e. The molecular formula is C13H10ClNO3. The Labute approximate surface area is 109 Å². The second-order valence-electron chi connectivity index (χ2n) is 3.60. The molecule has 0 atom stereocenters. The third kappa shape index (κ3) is 2.28. The second-order valence-corrected chi connectivity index (χ2v) is 4.04. The highest BCUT2D eigenvalue weighted by atomic mass is 35.5. The monoisotopic (exact) mass is 263 g/mol. The molecule has 0 amide bonds. The predicted octanol–water partition coefficient (Wildman–Crippen LogP) is 2.43. The minimum absolute atomic E-state index is 0.145. The maximum absolute atomic E-state index is 11.9. The van der Waals surface area contributed by atoms with Gasteiger partial charge in [0.1, 0.15) is 10.6 Å². The number of ether oxygens (including phenoxy) is 1. The Morgan fingerprint density at radius 1 is 1.33 bits per heavy atom. The lowest BCUT2D eigenvalue weighted by molar-refractivity contribution is -0.593. The quantitative estimate of drug-likeness (QED) is 0.475. The molecule has 1 aromatic heterocycles. The van der Waals surface area contributed by atoms with Crippen molar-refractivity contribution in [2.75, 3.05) is 7.11 Å². The van der Waals surface area contributed by atoms with Crippen LogP contribution in [-0.4, -0.2) is 13.1 Å². The highest BCUT2D eigenvalue weighted by Crippen LogP contribution is 2.22. The van der Waals surface area contributed by atoms with Gasteiger partial charge in [0.2, 0.25) is 5.69 Å². The Bertz CT molecular complexity index is 584. The Balaban J connectivity index is 2.69. The van der Waals surface area contributed by atoms with E-state index in [1.807, 2.05) is 6.07 Å². The lowest BCUT2D eigenvalue weighted by Crippen LogP contribution is -2.31. The van der Waals surface area contributed by atoms with E-state index < -0.39 is 5.97 Å². The van der Waals surface area contributed by atoms with Crippen molar-refractivity contribution in [2.45, 2.75) is 0 Å². The molecule has 0 radical (unpaired) electrons. The van der Waals surface area contributed by atoms with Gasteiger partial charge in [-0.1, -0.05) is 29.8 Å². The first-order valence-electron chi connectivity index (χ1n) is 5.20. The Hall–Kier alpha value is -2.07. The molecule has 2 aromatic rings. The number of esters is 1. The number of aromatic nitrogens is 1. The first-order valence-corrected chi connectivity index (χ1v) is 5.57. The molecule has 0 saturated carbocycles. The fourth-order valence-electron chi connectivity index (χ4n) is 1.68. The number of carbonyl (C=O) groups excluding carboxylic acids is 1. The summed E-state index contributed by atoms with van der Waals surface area (Å²) in [6.45, 7) is 0. The lowest BCUT2D eigenvalue weighted by atomic mass is 10.1. The lowest BCUT2D eigenvalue weighted by Gasteiger charge is -2.09. The van der Waals surface area contributed by atoms with Crippen LogP contribution < -0.4 is 4.73 Å². The molecule has 0 aliphatic rings. The van der Waals surface area contributed by atoms with E-state index in [0.29, 0.717) is 10.3 Å². The maximum atomic E-state index is 11.9. The zero-order chi connectivity index (χ0) is 13.1. The summed E-state index contributed by atoms with van der Waals surface area (Å²) in [5.74, 6) is -0.596. The van der Waals surface area contributed by atoms with E-state index in [9.17, 15) is 10.0 Å². The highest BCUT2D eigenvalue weighted by molar-refractivity contribution is 6.30. The molecule has 18 heavy (non-hydrogen) atoms. The van der Waals surface area contributed by atoms with Gasteiger partial charge in [-0.2, -0.15) is 4.73 Å². The Kier molecular flexibility index (Phi) is 3.48. The summed E-state index contributed by atoms with van der Waals surface area (Å²) in [6, 6.07) is 10.3. The average molecular weight is 264 g/mol. The van der Waals surface area contributed by atoms with E-state index in [-0.39, 0.29) is 16.3 Å². The molecule has 0 spiro atoms. The molecule has 4 nitrogen and oxygen atoms in total. The molecule has 1 heterocycles. The van der Waals surface area contributed by atoms with Crippen LogP contribution in [0.1, 0.15) is 10.4 Å². The standard InChI is InChI=1S/C13H10ClNO3/c1-18-13(16)11-7-10(14)8-15(17)12(11)9-5-3-2-4-6-9/h2-8H,1H3. The van der Waals surface area contributed by atoms with Gasteiger partial charge in [0.05, 0.1) is 7.11 Å². The molecule has 0 N–H and O–H groups in total. The third-order valence-electron chi connectivity index (χ3n) is 2.45. The van der Waals surface area contributed by atoms with Gasteiger partial charge >= 0.3 is 5.97 Å². The molecule has 5 heteroatoms. The van der Waals surface area contributed by atoms with Crippen LogP contribution in [0.5, 0.6) is 0 Å². The third-order valence-corrected chi connectivity index (χ3v) is 2.66. The predicted molar refractivity (Wildman–Crippen MR) is 67.2 cm³/mol. The van der Waals surface area contributed by atoms with E-state index >= 15 is 0 Å². The van der Waals surface area contributed by atoms with Gasteiger partial charge in [-0.25, -0.2) is 4.79 Å². The normalized spacial score (nSPS) is 10.1. The van der Waals surface area contributed by atoms with Crippen LogP contribution >= 0.6 is 11.6 Å². The van der Waals surface area contributed by atoms with Crippen molar-refractivity contribution in [3.8, 4) is 11.3 Å². The number of carbonyl (C=O) groups is 1. The molecule has 0 fully saturated rings. The number of nitrogens with zero attached hydrogens (tertiary/aromatic N) is 1. The van der Waals surface area contributed by atoms with Gasteiger partial charge in [0.25, 0.3) is 0 Å². The van der Waals surface area contributed by atoms with Crippen molar-refractivity contribution in [2.24, 2.45) is 0 Å². The highest BCUT2D eigenvalue weighted by Gasteiger charge is 2.22. The Morgan fingerprint density at radius 2 is 2.00 bits per heavy atom. The van der Waals surface area contributed by atoms with Gasteiger partial charge in [-0.3, -0.25) is 0 Å². The summed E-state index contributed by atoms with van der Waals surface area (Å²) in [6.07, 6.45) is 1.20. The second kappa shape index (κ2) is 5.06. The van der Waals surface area contributed by atoms with Crippen molar-refractivity contribution >= 4 is 17.6 Å². The van der Waals surface area contributed by atoms with Gasteiger partial charge in [-0.15, -0.1) is 0 Å². The summed E-state index contributed by atoms with van der Waals surface area (Å²) < 4.78 is 5.23. The van der Waals surface area contributed by atoms with Gasteiger partial charge in [0, 0.05) is 5.56 Å². The smallest absolute Gasteiger partial charge is 0.344 e. The molecule has 0 saturated heterocycles. The molecule has 0 unspecified atom stereocenters. The average Bonchev–Trinajstić information content (AvgIpc) is 2.38. The van der Waals surface area contributed by atoms with Crippen molar-refractivity contribution in [3.05, 3.63) is 58.4 Å². The van der Waals surface area contributed by atoms with Crippen LogP contribution in [0, 0.1) is 5.21 Å². The van der Waals surface area contributed by atoms with Crippen LogP contribution in [-0.2, 0) is 4.74 Å². The first-order chi connectivity index (χ1) is 8.63. The van der Waals surface area contributed by atoms with Crippen molar-refractivity contribution in [1.82, 2.24) is 0 Å². The topological polar surface area (TPSA) is 53.2 Å². The molecule has 1 aromatic carbocycles. The number of hydrogen-bond acceptors (Lipinski definition) is 3. The molecule has 2 rings (SSSR count). The van der Waals surface area contributed by atoms with E-state index in [0.717, 1.165) is 0 Å². The zero-order valence-corrected chi connectivity index (χ0v) is 10.3. The molecular weight excluding hydrogens is 254 g/mol. The van der Waals surface area contributed by atoms with Crippen LogP contribution in [0.2, 0.25) is 5.02 Å². The Morgan fingerprint density at radius 3 is 2.61 bits per heavy atom. The van der Waals surface area contributed by atoms with E-state index in [4.69, 9.17) is 11.6 Å². The summed E-state index contributed by atoms with van der Waals surface area (Å²) in [4.78, 5) is 11.7. The minimum Gasteiger partial charge on any atom is -0.618 e. The zero-order valence-electron chi connectivity index (χ0n) is 9.59. The molecule has 0 aliphatic heterocycles. The van der Waals surface area contributed by atoms with Gasteiger partial charge in [0.15, 0.2) is 6.20 Å². The number of hydrogen-bond donors (Lipinski definition) is 0. The summed E-state index contributed by atoms with van der Waals surface area (Å²) >= 11 is 5.78. The first kappa shape index (κ1) is 12.4. The number of benzene rings is 1. The molecule has 0 aliphatic carbocycles. The minimum atomic E-state index is -0.596. The van der Waals surface area contributed by atoms with Crippen molar-refractivity contribution in [3.63, 3.8) is 0 Å². The van der Waals surface area contributed by atoms with E-state index in [1.165, 1.54) is 19.4 Å². The van der Waals surface area contributed by atoms with Gasteiger partial charge < -0.3 is 9.94 Å². The van der Waals surface area contributed by atoms with Crippen molar-refractivity contribution < 1.29 is 14.3 Å².